The SMILES string of the molecule is CCNOC(=O)c1ccccc1F. The second-order valence-electron chi connectivity index (χ2n) is 2.37. The molecule has 1 aromatic carbocycles. The molecule has 3 nitrogen and oxygen atoms in total. The molecule has 1 rings (SSSR count). The number of benzene rings is 1. The maximum atomic E-state index is 12.9. The van der Waals surface area contributed by atoms with Crippen molar-refractivity contribution >= 4 is 5.97 Å². The van der Waals surface area contributed by atoms with Gasteiger partial charge in [-0.15, -0.1) is 0 Å². The first-order valence-electron chi connectivity index (χ1n) is 3.94. The van der Waals surface area contributed by atoms with Gasteiger partial charge in [-0.25, -0.2) is 9.18 Å². The molecule has 0 heterocycles. The minimum absolute atomic E-state index is 0.0662. The van der Waals surface area contributed by atoms with E-state index in [9.17, 15) is 9.18 Å². The van der Waals surface area contributed by atoms with Gasteiger partial charge in [-0.3, -0.25) is 0 Å². The Labute approximate surface area is 75.5 Å². The highest BCUT2D eigenvalue weighted by Gasteiger charge is 2.11. The van der Waals surface area contributed by atoms with Crippen molar-refractivity contribution in [3.63, 3.8) is 0 Å². The highest BCUT2D eigenvalue weighted by molar-refractivity contribution is 5.89. The van der Waals surface area contributed by atoms with Gasteiger partial charge in [-0.05, 0) is 19.1 Å². The van der Waals surface area contributed by atoms with Crippen LogP contribution in [0.25, 0.3) is 0 Å². The summed E-state index contributed by atoms with van der Waals surface area (Å²) in [6.45, 7) is 2.26. The van der Waals surface area contributed by atoms with Gasteiger partial charge in [0.05, 0.1) is 5.56 Å². The molecular weight excluding hydrogens is 173 g/mol. The molecule has 0 atom stereocenters. The van der Waals surface area contributed by atoms with E-state index in [1.54, 1.807) is 13.0 Å². The lowest BCUT2D eigenvalue weighted by Crippen LogP contribution is -2.20. The van der Waals surface area contributed by atoms with Gasteiger partial charge in [0.2, 0.25) is 0 Å². The van der Waals surface area contributed by atoms with Crippen LogP contribution >= 0.6 is 0 Å². The van der Waals surface area contributed by atoms with Crippen molar-refractivity contribution in [2.45, 2.75) is 6.92 Å². The van der Waals surface area contributed by atoms with E-state index < -0.39 is 11.8 Å². The maximum Gasteiger partial charge on any atom is 0.359 e. The predicted molar refractivity (Wildman–Crippen MR) is 45.5 cm³/mol. The van der Waals surface area contributed by atoms with Crippen molar-refractivity contribution in [3.05, 3.63) is 35.6 Å². The minimum atomic E-state index is -0.708. The zero-order valence-electron chi connectivity index (χ0n) is 7.21. The Bertz CT molecular complexity index is 301. The van der Waals surface area contributed by atoms with Gasteiger partial charge in [-0.1, -0.05) is 12.1 Å². The number of hydroxylamine groups is 1. The van der Waals surface area contributed by atoms with Crippen LogP contribution in [0.5, 0.6) is 0 Å². The third kappa shape index (κ3) is 2.52. The van der Waals surface area contributed by atoms with Crippen LogP contribution in [0.1, 0.15) is 17.3 Å². The van der Waals surface area contributed by atoms with E-state index in [4.69, 9.17) is 0 Å². The highest BCUT2D eigenvalue weighted by atomic mass is 19.1. The number of carbonyl (C=O) groups excluding carboxylic acids is 1. The van der Waals surface area contributed by atoms with Crippen LogP contribution in [0.3, 0.4) is 0 Å². The molecule has 0 spiro atoms. The van der Waals surface area contributed by atoms with Crippen LogP contribution in [0.15, 0.2) is 24.3 Å². The van der Waals surface area contributed by atoms with Crippen LogP contribution in [-0.4, -0.2) is 12.5 Å². The smallest absolute Gasteiger partial charge is 0.359 e. The lowest BCUT2D eigenvalue weighted by Gasteiger charge is -2.03. The first kappa shape index (κ1) is 9.67. The molecule has 0 saturated carbocycles. The number of halogens is 1. The lowest BCUT2D eigenvalue weighted by atomic mass is 10.2. The molecule has 0 bridgehead atoms. The van der Waals surface area contributed by atoms with Gasteiger partial charge in [0, 0.05) is 6.54 Å². The van der Waals surface area contributed by atoms with E-state index in [1.807, 2.05) is 0 Å². The highest BCUT2D eigenvalue weighted by Crippen LogP contribution is 2.06. The van der Waals surface area contributed by atoms with Crippen LogP contribution in [0.2, 0.25) is 0 Å². The Kier molecular flexibility index (Phi) is 3.40. The van der Waals surface area contributed by atoms with Gasteiger partial charge >= 0.3 is 5.97 Å². The van der Waals surface area contributed by atoms with Gasteiger partial charge in [0.25, 0.3) is 0 Å². The maximum absolute atomic E-state index is 12.9. The Hall–Kier alpha value is -1.42. The molecule has 0 fully saturated rings. The van der Waals surface area contributed by atoms with Gasteiger partial charge in [-0.2, -0.15) is 5.48 Å². The van der Waals surface area contributed by atoms with E-state index in [-0.39, 0.29) is 5.56 Å². The topological polar surface area (TPSA) is 38.3 Å². The molecule has 0 unspecified atom stereocenters. The van der Waals surface area contributed by atoms with Crippen LogP contribution in [0.4, 0.5) is 4.39 Å². The molecule has 0 aliphatic heterocycles. The average Bonchev–Trinajstić information content (AvgIpc) is 2.15. The number of hydrogen-bond donors (Lipinski definition) is 1. The summed E-state index contributed by atoms with van der Waals surface area (Å²) in [5.41, 5.74) is 2.29. The molecule has 70 valence electrons. The molecule has 13 heavy (non-hydrogen) atoms. The second-order valence-corrected chi connectivity index (χ2v) is 2.37. The molecule has 1 aromatic rings. The monoisotopic (exact) mass is 183 g/mol. The van der Waals surface area contributed by atoms with E-state index in [0.717, 1.165) is 0 Å². The summed E-state index contributed by atoms with van der Waals surface area (Å²) in [7, 11) is 0. The van der Waals surface area contributed by atoms with Gasteiger partial charge in [0.1, 0.15) is 5.82 Å². The number of hydrogen-bond acceptors (Lipinski definition) is 3. The van der Waals surface area contributed by atoms with Crippen LogP contribution in [-0.2, 0) is 4.84 Å². The Balaban J connectivity index is 2.71. The van der Waals surface area contributed by atoms with Crippen molar-refractivity contribution in [1.29, 1.82) is 0 Å². The molecule has 0 amide bonds. The van der Waals surface area contributed by atoms with Crippen molar-refractivity contribution in [3.8, 4) is 0 Å². The van der Waals surface area contributed by atoms with E-state index >= 15 is 0 Å². The molecular formula is C9H10FNO2. The normalized spacial score (nSPS) is 9.69. The number of nitrogens with one attached hydrogen (secondary N) is 1. The minimum Gasteiger partial charge on any atom is -0.367 e. The van der Waals surface area contributed by atoms with Crippen molar-refractivity contribution < 1.29 is 14.0 Å². The largest absolute Gasteiger partial charge is 0.367 e. The quantitative estimate of drug-likeness (QED) is 0.722. The van der Waals surface area contributed by atoms with E-state index in [2.05, 4.69) is 10.3 Å². The standard InChI is InChI=1S/C9H10FNO2/c1-2-11-13-9(12)7-5-3-4-6-8(7)10/h3-6,11H,2H2,1H3. The molecule has 0 saturated heterocycles. The van der Waals surface area contributed by atoms with Gasteiger partial charge in [0.15, 0.2) is 0 Å². The predicted octanol–water partition coefficient (Wildman–Crippen LogP) is 1.51. The van der Waals surface area contributed by atoms with E-state index in [0.29, 0.717) is 6.54 Å². The fourth-order valence-corrected chi connectivity index (χ4v) is 0.819. The molecule has 0 aliphatic rings. The summed E-state index contributed by atoms with van der Waals surface area (Å²) >= 11 is 0. The summed E-state index contributed by atoms with van der Waals surface area (Å²) in [6, 6.07) is 5.67. The Morgan fingerprint density at radius 3 is 2.85 bits per heavy atom. The lowest BCUT2D eigenvalue weighted by molar-refractivity contribution is 0.0260. The zero-order valence-corrected chi connectivity index (χ0v) is 7.21. The summed E-state index contributed by atoms with van der Waals surface area (Å²) in [4.78, 5) is 15.6. The fourth-order valence-electron chi connectivity index (χ4n) is 0.819. The third-order valence-electron chi connectivity index (χ3n) is 1.40. The van der Waals surface area contributed by atoms with Crippen molar-refractivity contribution in [2.24, 2.45) is 0 Å². The zero-order chi connectivity index (χ0) is 9.68. The van der Waals surface area contributed by atoms with Crippen LogP contribution < -0.4 is 5.48 Å². The summed E-state index contributed by atoms with van der Waals surface area (Å²) in [5.74, 6) is -1.29. The second kappa shape index (κ2) is 4.57. The molecule has 4 heteroatoms. The summed E-state index contributed by atoms with van der Waals surface area (Å²) < 4.78 is 12.9. The molecule has 0 radical (unpaired) electrons. The Morgan fingerprint density at radius 1 is 1.54 bits per heavy atom. The average molecular weight is 183 g/mol. The first-order chi connectivity index (χ1) is 6.25. The van der Waals surface area contributed by atoms with Gasteiger partial charge < -0.3 is 4.84 Å². The summed E-state index contributed by atoms with van der Waals surface area (Å²) in [5, 5.41) is 0. The number of carbonyl (C=O) groups is 1. The molecule has 0 aromatic heterocycles. The first-order valence-corrected chi connectivity index (χ1v) is 3.94. The fraction of sp³-hybridized carbons (Fsp3) is 0.222. The van der Waals surface area contributed by atoms with Crippen LogP contribution in [0, 0.1) is 5.82 Å². The van der Waals surface area contributed by atoms with Crippen molar-refractivity contribution in [2.75, 3.05) is 6.54 Å². The Morgan fingerprint density at radius 2 is 2.23 bits per heavy atom. The molecule has 0 aliphatic carbocycles. The van der Waals surface area contributed by atoms with E-state index in [1.165, 1.54) is 18.2 Å². The number of rotatable bonds is 3. The molecule has 1 N–H and O–H groups in total. The summed E-state index contributed by atoms with van der Waals surface area (Å²) in [6.07, 6.45) is 0. The van der Waals surface area contributed by atoms with Crippen molar-refractivity contribution in [1.82, 2.24) is 5.48 Å². The third-order valence-corrected chi connectivity index (χ3v) is 1.40.